The molecule has 6 heteroatoms. The highest BCUT2D eigenvalue weighted by Gasteiger charge is 2.55. The maximum Gasteiger partial charge on any atom is 0.269 e. The number of carbonyl (C=O) groups is 1. The number of ether oxygens (including phenoxy) is 2. The second kappa shape index (κ2) is 3.29. The SMILES string of the molecule is COCOC1c2[nH]nc(C(N)=O)c2[C@H]2C[C@@H]12. The van der Waals surface area contributed by atoms with Gasteiger partial charge in [0.2, 0.25) is 0 Å². The molecule has 6 nitrogen and oxygen atoms in total. The van der Waals surface area contributed by atoms with E-state index in [1.807, 2.05) is 0 Å². The van der Waals surface area contributed by atoms with Gasteiger partial charge in [0.25, 0.3) is 5.91 Å². The Kier molecular flexibility index (Phi) is 2.02. The number of methoxy groups -OCH3 is 1. The molecule has 0 aliphatic heterocycles. The number of nitrogens with zero attached hydrogens (tertiary/aromatic N) is 1. The predicted octanol–water partition coefficient (Wildman–Crippen LogP) is 0.287. The van der Waals surface area contributed by atoms with Crippen LogP contribution in [0.3, 0.4) is 0 Å². The number of carbonyl (C=O) groups excluding carboxylic acids is 1. The molecular weight excluding hydrogens is 210 g/mol. The summed E-state index contributed by atoms with van der Waals surface area (Å²) in [6.07, 6.45) is 1.02. The van der Waals surface area contributed by atoms with Crippen molar-refractivity contribution in [3.8, 4) is 0 Å². The molecule has 1 saturated carbocycles. The van der Waals surface area contributed by atoms with Gasteiger partial charge in [-0.2, -0.15) is 5.10 Å². The molecule has 1 unspecified atom stereocenters. The van der Waals surface area contributed by atoms with Gasteiger partial charge in [0.1, 0.15) is 12.9 Å². The van der Waals surface area contributed by atoms with Crippen molar-refractivity contribution in [2.45, 2.75) is 18.4 Å². The van der Waals surface area contributed by atoms with Gasteiger partial charge < -0.3 is 15.2 Å². The van der Waals surface area contributed by atoms with Crippen LogP contribution in [0.2, 0.25) is 0 Å². The van der Waals surface area contributed by atoms with Crippen molar-refractivity contribution >= 4 is 5.91 Å². The highest BCUT2D eigenvalue weighted by molar-refractivity contribution is 5.93. The first-order chi connectivity index (χ1) is 7.74. The van der Waals surface area contributed by atoms with E-state index in [9.17, 15) is 4.79 Å². The van der Waals surface area contributed by atoms with Gasteiger partial charge in [0.15, 0.2) is 5.69 Å². The minimum absolute atomic E-state index is 0.0273. The monoisotopic (exact) mass is 223 g/mol. The number of fused-ring (bicyclic) bond motifs is 3. The quantitative estimate of drug-likeness (QED) is 0.718. The molecule has 0 radical (unpaired) electrons. The molecule has 1 aromatic rings. The van der Waals surface area contributed by atoms with E-state index >= 15 is 0 Å². The largest absolute Gasteiger partial charge is 0.364 e. The Balaban J connectivity index is 1.91. The zero-order valence-corrected chi connectivity index (χ0v) is 8.90. The number of primary amides is 1. The first-order valence-corrected chi connectivity index (χ1v) is 5.22. The van der Waals surface area contributed by atoms with Crippen molar-refractivity contribution < 1.29 is 14.3 Å². The summed E-state index contributed by atoms with van der Waals surface area (Å²) in [4.78, 5) is 11.2. The minimum Gasteiger partial charge on any atom is -0.364 e. The Morgan fingerprint density at radius 3 is 3.19 bits per heavy atom. The van der Waals surface area contributed by atoms with E-state index in [1.54, 1.807) is 7.11 Å². The van der Waals surface area contributed by atoms with Gasteiger partial charge in [-0.3, -0.25) is 9.89 Å². The van der Waals surface area contributed by atoms with E-state index in [4.69, 9.17) is 15.2 Å². The van der Waals surface area contributed by atoms with Gasteiger partial charge in [0.05, 0.1) is 5.69 Å². The fourth-order valence-electron chi connectivity index (χ4n) is 2.59. The van der Waals surface area contributed by atoms with Gasteiger partial charge in [-0.05, 0) is 18.3 Å². The molecular formula is C10H13N3O3. The van der Waals surface area contributed by atoms with Crippen molar-refractivity contribution in [1.29, 1.82) is 0 Å². The Morgan fingerprint density at radius 1 is 1.69 bits per heavy atom. The molecule has 0 spiro atoms. The Hall–Kier alpha value is -1.40. The molecule has 2 aliphatic rings. The summed E-state index contributed by atoms with van der Waals surface area (Å²) in [6, 6.07) is 0. The number of nitrogens with one attached hydrogen (secondary N) is 1. The van der Waals surface area contributed by atoms with Gasteiger partial charge >= 0.3 is 0 Å². The summed E-state index contributed by atoms with van der Waals surface area (Å²) in [6.45, 7) is 0.248. The lowest BCUT2D eigenvalue weighted by atomic mass is 10.1. The van der Waals surface area contributed by atoms with Crippen LogP contribution in [-0.2, 0) is 9.47 Å². The molecule has 3 rings (SSSR count). The lowest BCUT2D eigenvalue weighted by Crippen LogP contribution is -2.13. The number of rotatable bonds is 4. The first kappa shape index (κ1) is 9.80. The van der Waals surface area contributed by atoms with Crippen molar-refractivity contribution in [2.24, 2.45) is 11.7 Å². The third-order valence-electron chi connectivity index (χ3n) is 3.32. The van der Waals surface area contributed by atoms with Crippen LogP contribution in [0.1, 0.15) is 40.2 Å². The second-order valence-electron chi connectivity index (χ2n) is 4.26. The molecule has 86 valence electrons. The molecule has 0 aromatic carbocycles. The molecule has 3 N–H and O–H groups in total. The average Bonchev–Trinajstić information content (AvgIpc) is 2.80. The maximum absolute atomic E-state index is 11.2. The predicted molar refractivity (Wildman–Crippen MR) is 53.7 cm³/mol. The third kappa shape index (κ3) is 1.20. The number of aromatic nitrogens is 2. The average molecular weight is 223 g/mol. The van der Waals surface area contributed by atoms with Crippen LogP contribution < -0.4 is 5.73 Å². The van der Waals surface area contributed by atoms with Crippen molar-refractivity contribution in [2.75, 3.05) is 13.9 Å². The molecule has 1 aromatic heterocycles. The van der Waals surface area contributed by atoms with Crippen LogP contribution in [0.25, 0.3) is 0 Å². The smallest absolute Gasteiger partial charge is 0.269 e. The summed E-state index contributed by atoms with van der Waals surface area (Å²) in [5.74, 6) is 0.367. The normalized spacial score (nSPS) is 29.9. The fraction of sp³-hybridized carbons (Fsp3) is 0.600. The van der Waals surface area contributed by atoms with Gasteiger partial charge in [-0.15, -0.1) is 0 Å². The number of nitrogens with two attached hydrogens (primary N) is 1. The highest BCUT2D eigenvalue weighted by atomic mass is 16.7. The standard InChI is InChI=1S/C10H13N3O3/c1-15-3-16-9-5-2-4(5)6-7(9)12-13-8(6)10(11)14/h4-5,9H,2-3H2,1H3,(H2,11,14)(H,12,13)/t4-,5+,9?/m0/s1. The summed E-state index contributed by atoms with van der Waals surface area (Å²) < 4.78 is 10.5. The molecule has 1 amide bonds. The van der Waals surface area contributed by atoms with E-state index in [1.165, 1.54) is 0 Å². The van der Waals surface area contributed by atoms with Crippen molar-refractivity contribution in [3.63, 3.8) is 0 Å². The van der Waals surface area contributed by atoms with E-state index in [2.05, 4.69) is 10.2 Å². The van der Waals surface area contributed by atoms with E-state index in [0.29, 0.717) is 17.5 Å². The van der Waals surface area contributed by atoms with Crippen LogP contribution in [0.15, 0.2) is 0 Å². The van der Waals surface area contributed by atoms with E-state index in [-0.39, 0.29) is 12.9 Å². The molecule has 2 aliphatic carbocycles. The number of aromatic amines is 1. The number of H-pyrrole nitrogens is 1. The zero-order chi connectivity index (χ0) is 11.3. The number of hydrogen-bond donors (Lipinski definition) is 2. The topological polar surface area (TPSA) is 90.2 Å². The first-order valence-electron chi connectivity index (χ1n) is 5.22. The maximum atomic E-state index is 11.2. The van der Waals surface area contributed by atoms with E-state index in [0.717, 1.165) is 17.7 Å². The van der Waals surface area contributed by atoms with Gasteiger partial charge in [-0.25, -0.2) is 0 Å². The lowest BCUT2D eigenvalue weighted by molar-refractivity contribution is -0.0803. The van der Waals surface area contributed by atoms with Crippen LogP contribution >= 0.6 is 0 Å². The summed E-state index contributed by atoms with van der Waals surface area (Å²) >= 11 is 0. The Labute approximate surface area is 92.1 Å². The Bertz CT molecular complexity index is 443. The van der Waals surface area contributed by atoms with E-state index < -0.39 is 5.91 Å². The molecule has 0 bridgehead atoms. The van der Waals surface area contributed by atoms with Crippen LogP contribution in [0.5, 0.6) is 0 Å². The molecule has 1 fully saturated rings. The third-order valence-corrected chi connectivity index (χ3v) is 3.32. The van der Waals surface area contributed by atoms with Crippen molar-refractivity contribution in [3.05, 3.63) is 17.0 Å². The minimum atomic E-state index is -0.476. The van der Waals surface area contributed by atoms with Crippen LogP contribution in [0, 0.1) is 5.92 Å². The summed E-state index contributed by atoms with van der Waals surface area (Å²) in [7, 11) is 1.59. The van der Waals surface area contributed by atoms with Crippen LogP contribution in [0.4, 0.5) is 0 Å². The molecule has 16 heavy (non-hydrogen) atoms. The van der Waals surface area contributed by atoms with Crippen LogP contribution in [-0.4, -0.2) is 30.0 Å². The summed E-state index contributed by atoms with van der Waals surface area (Å²) in [5.41, 5.74) is 7.49. The zero-order valence-electron chi connectivity index (χ0n) is 8.90. The van der Waals surface area contributed by atoms with Gasteiger partial charge in [-0.1, -0.05) is 0 Å². The number of amides is 1. The summed E-state index contributed by atoms with van der Waals surface area (Å²) in [5, 5.41) is 6.81. The molecule has 1 heterocycles. The lowest BCUT2D eigenvalue weighted by Gasteiger charge is -2.12. The molecule has 0 saturated heterocycles. The van der Waals surface area contributed by atoms with Crippen molar-refractivity contribution in [1.82, 2.24) is 10.2 Å². The van der Waals surface area contributed by atoms with Gasteiger partial charge in [0, 0.05) is 12.7 Å². The molecule has 3 atom stereocenters. The number of hydrogen-bond acceptors (Lipinski definition) is 4. The fourth-order valence-corrected chi connectivity index (χ4v) is 2.59. The highest BCUT2D eigenvalue weighted by Crippen LogP contribution is 2.63. The second-order valence-corrected chi connectivity index (χ2v) is 4.26. The Morgan fingerprint density at radius 2 is 2.50 bits per heavy atom.